The van der Waals surface area contributed by atoms with E-state index in [0.29, 0.717) is 11.0 Å². The van der Waals surface area contributed by atoms with Crippen LogP contribution in [0.4, 0.5) is 0 Å². The number of ether oxygens (including phenoxy) is 3. The molecule has 0 spiro atoms. The summed E-state index contributed by atoms with van der Waals surface area (Å²) >= 11 is 2.10. The van der Waals surface area contributed by atoms with Crippen molar-refractivity contribution in [2.24, 2.45) is 5.73 Å². The van der Waals surface area contributed by atoms with Crippen molar-refractivity contribution in [1.82, 2.24) is 0 Å². The first-order chi connectivity index (χ1) is 7.06. The number of hydrogen-bond donors (Lipinski definition) is 1. The average molecular weight is 331 g/mol. The van der Waals surface area contributed by atoms with Gasteiger partial charge in [-0.3, -0.25) is 4.79 Å². The van der Waals surface area contributed by atoms with Crippen molar-refractivity contribution in [2.75, 3.05) is 25.3 Å². The van der Waals surface area contributed by atoms with Gasteiger partial charge in [0.2, 0.25) is 0 Å². The van der Waals surface area contributed by atoms with Gasteiger partial charge >= 0.3 is 5.97 Å². The zero-order valence-corrected chi connectivity index (χ0v) is 11.4. The second kappa shape index (κ2) is 7.37. The molecule has 15 heavy (non-hydrogen) atoms. The number of hydrogen-bond acceptors (Lipinski definition) is 5. The number of halogens is 1. The quantitative estimate of drug-likeness (QED) is 0.322. The first-order valence-corrected chi connectivity index (χ1v) is 6.16. The maximum absolute atomic E-state index is 11.2. The number of esters is 1. The van der Waals surface area contributed by atoms with Crippen LogP contribution in [0.2, 0.25) is 0 Å². The molecule has 0 rings (SSSR count). The lowest BCUT2D eigenvalue weighted by Gasteiger charge is -2.34. The third-order valence-corrected chi connectivity index (χ3v) is 3.20. The predicted octanol–water partition coefficient (Wildman–Crippen LogP) is 0.691. The molecule has 0 aliphatic carbocycles. The van der Waals surface area contributed by atoms with Crippen molar-refractivity contribution in [3.8, 4) is 0 Å². The van der Waals surface area contributed by atoms with Crippen LogP contribution in [0, 0.1) is 0 Å². The topological polar surface area (TPSA) is 70.8 Å². The Morgan fingerprint density at radius 2 is 2.00 bits per heavy atom. The Kier molecular flexibility index (Phi) is 7.41. The smallest absolute Gasteiger partial charge is 0.307 e. The lowest BCUT2D eigenvalue weighted by atomic mass is 10.1. The van der Waals surface area contributed by atoms with Crippen LogP contribution in [0.15, 0.2) is 0 Å². The Morgan fingerprint density at radius 1 is 1.47 bits per heavy atom. The van der Waals surface area contributed by atoms with E-state index in [1.807, 2.05) is 0 Å². The molecule has 0 fully saturated rings. The van der Waals surface area contributed by atoms with E-state index in [-0.39, 0.29) is 12.4 Å². The monoisotopic (exact) mass is 331 g/mol. The fourth-order valence-electron chi connectivity index (χ4n) is 1.15. The zero-order valence-electron chi connectivity index (χ0n) is 9.29. The number of carbonyl (C=O) groups excluding carboxylic acids is 1. The number of alkyl halides is 1. The molecule has 0 saturated carbocycles. The molecule has 6 heteroatoms. The van der Waals surface area contributed by atoms with Crippen LogP contribution in [-0.2, 0) is 19.0 Å². The van der Waals surface area contributed by atoms with E-state index >= 15 is 0 Å². The molecular formula is C9H18INO4. The van der Waals surface area contributed by atoms with E-state index in [0.717, 1.165) is 0 Å². The van der Waals surface area contributed by atoms with Gasteiger partial charge < -0.3 is 19.9 Å². The SMILES string of the molecule is CCOC(=O)CC(N)C(CI)(OC)OC. The van der Waals surface area contributed by atoms with Crippen molar-refractivity contribution >= 4 is 28.6 Å². The van der Waals surface area contributed by atoms with Crippen LogP contribution in [-0.4, -0.2) is 43.1 Å². The van der Waals surface area contributed by atoms with Gasteiger partial charge in [-0.1, -0.05) is 22.6 Å². The van der Waals surface area contributed by atoms with Crippen LogP contribution in [0.5, 0.6) is 0 Å². The maximum Gasteiger partial charge on any atom is 0.307 e. The van der Waals surface area contributed by atoms with Gasteiger partial charge in [-0.2, -0.15) is 0 Å². The van der Waals surface area contributed by atoms with Gasteiger partial charge in [0.05, 0.1) is 23.5 Å². The van der Waals surface area contributed by atoms with Gasteiger partial charge in [0.1, 0.15) is 0 Å². The summed E-state index contributed by atoms with van der Waals surface area (Å²) in [6.07, 6.45) is 0.0819. The minimum absolute atomic E-state index is 0.0819. The predicted molar refractivity (Wildman–Crippen MR) is 64.9 cm³/mol. The second-order valence-corrected chi connectivity index (χ2v) is 3.73. The summed E-state index contributed by atoms with van der Waals surface area (Å²) in [6.45, 7) is 2.10. The summed E-state index contributed by atoms with van der Waals surface area (Å²) in [6, 6.07) is -0.538. The highest BCUT2D eigenvalue weighted by Crippen LogP contribution is 2.20. The van der Waals surface area contributed by atoms with Gasteiger partial charge in [0.25, 0.3) is 0 Å². The molecule has 90 valence electrons. The fourth-order valence-corrected chi connectivity index (χ4v) is 2.34. The molecule has 0 heterocycles. The summed E-state index contributed by atoms with van der Waals surface area (Å²) in [5, 5.41) is 0. The minimum atomic E-state index is -0.923. The van der Waals surface area contributed by atoms with Crippen molar-refractivity contribution in [3.63, 3.8) is 0 Å². The van der Waals surface area contributed by atoms with Crippen LogP contribution in [0.25, 0.3) is 0 Å². The lowest BCUT2D eigenvalue weighted by Crippen LogP contribution is -2.53. The van der Waals surface area contributed by atoms with Crippen LogP contribution >= 0.6 is 22.6 Å². The van der Waals surface area contributed by atoms with Crippen LogP contribution < -0.4 is 5.73 Å². The number of rotatable bonds is 7. The Hall–Kier alpha value is 0.0800. The Morgan fingerprint density at radius 3 is 2.33 bits per heavy atom. The van der Waals surface area contributed by atoms with Gasteiger partial charge in [-0.15, -0.1) is 0 Å². The molecule has 1 atom stereocenters. The van der Waals surface area contributed by atoms with Gasteiger partial charge in [-0.05, 0) is 6.92 Å². The molecule has 1 unspecified atom stereocenters. The Bertz CT molecular complexity index is 188. The van der Waals surface area contributed by atoms with Gasteiger partial charge in [0, 0.05) is 14.2 Å². The second-order valence-electron chi connectivity index (χ2n) is 2.97. The molecule has 0 aromatic heterocycles. The minimum Gasteiger partial charge on any atom is -0.466 e. The Labute approximate surface area is 104 Å². The first-order valence-electron chi connectivity index (χ1n) is 4.63. The summed E-state index contributed by atoms with van der Waals surface area (Å²) in [4.78, 5) is 11.2. The number of carbonyl (C=O) groups is 1. The van der Waals surface area contributed by atoms with Gasteiger partial charge in [0.15, 0.2) is 5.79 Å². The van der Waals surface area contributed by atoms with E-state index in [4.69, 9.17) is 19.9 Å². The zero-order chi connectivity index (χ0) is 11.9. The molecule has 0 saturated heterocycles. The number of methoxy groups -OCH3 is 2. The van der Waals surface area contributed by atoms with Crippen molar-refractivity contribution in [2.45, 2.75) is 25.2 Å². The highest BCUT2D eigenvalue weighted by molar-refractivity contribution is 14.1. The van der Waals surface area contributed by atoms with Crippen LogP contribution in [0.3, 0.4) is 0 Å². The molecule has 0 aliphatic rings. The summed E-state index contributed by atoms with van der Waals surface area (Å²) in [7, 11) is 3.01. The molecule has 0 bridgehead atoms. The lowest BCUT2D eigenvalue weighted by molar-refractivity contribution is -0.203. The molecule has 0 aromatic rings. The molecule has 0 amide bonds. The first kappa shape index (κ1) is 15.1. The molecular weight excluding hydrogens is 313 g/mol. The van der Waals surface area contributed by atoms with Gasteiger partial charge in [-0.25, -0.2) is 0 Å². The van der Waals surface area contributed by atoms with E-state index in [1.165, 1.54) is 14.2 Å². The molecule has 2 N–H and O–H groups in total. The standard InChI is InChI=1S/C9H18INO4/c1-4-15-8(12)5-7(11)9(6-10,13-2)14-3/h7H,4-6,11H2,1-3H3. The highest BCUT2D eigenvalue weighted by atomic mass is 127. The molecule has 0 aliphatic heterocycles. The van der Waals surface area contributed by atoms with E-state index in [2.05, 4.69) is 22.6 Å². The largest absolute Gasteiger partial charge is 0.466 e. The van der Waals surface area contributed by atoms with Crippen molar-refractivity contribution in [1.29, 1.82) is 0 Å². The summed E-state index contributed by atoms with van der Waals surface area (Å²) in [5.41, 5.74) is 5.86. The molecule has 0 radical (unpaired) electrons. The van der Waals surface area contributed by atoms with Crippen LogP contribution in [0.1, 0.15) is 13.3 Å². The molecule has 5 nitrogen and oxygen atoms in total. The van der Waals surface area contributed by atoms with Crippen molar-refractivity contribution < 1.29 is 19.0 Å². The molecule has 0 aromatic carbocycles. The van der Waals surface area contributed by atoms with E-state index in [9.17, 15) is 4.79 Å². The Balaban J connectivity index is 4.37. The summed E-state index contributed by atoms with van der Waals surface area (Å²) in [5.74, 6) is -1.26. The normalized spacial score (nSPS) is 13.7. The third kappa shape index (κ3) is 4.21. The fraction of sp³-hybridized carbons (Fsp3) is 0.889. The maximum atomic E-state index is 11.2. The number of nitrogens with two attached hydrogens (primary N) is 1. The van der Waals surface area contributed by atoms with E-state index in [1.54, 1.807) is 6.92 Å². The highest BCUT2D eigenvalue weighted by Gasteiger charge is 2.37. The van der Waals surface area contributed by atoms with E-state index < -0.39 is 11.8 Å². The third-order valence-electron chi connectivity index (χ3n) is 2.13. The summed E-state index contributed by atoms with van der Waals surface area (Å²) < 4.78 is 15.8. The van der Waals surface area contributed by atoms with Crippen molar-refractivity contribution in [3.05, 3.63) is 0 Å². The average Bonchev–Trinajstić information content (AvgIpc) is 2.21.